The second-order valence-electron chi connectivity index (χ2n) is 8.56. The summed E-state index contributed by atoms with van der Waals surface area (Å²) in [5.41, 5.74) is 4.70. The van der Waals surface area contributed by atoms with Crippen LogP contribution in [0, 0.1) is 0 Å². The van der Waals surface area contributed by atoms with E-state index >= 15 is 0 Å². The van der Waals surface area contributed by atoms with E-state index in [9.17, 15) is 0 Å². The molecule has 170 valence electrons. The van der Waals surface area contributed by atoms with Gasteiger partial charge in [0.2, 0.25) is 0 Å². The summed E-state index contributed by atoms with van der Waals surface area (Å²) in [5, 5.41) is 3.50. The van der Waals surface area contributed by atoms with E-state index in [4.69, 9.17) is 9.47 Å². The van der Waals surface area contributed by atoms with Gasteiger partial charge in [0.05, 0.1) is 7.11 Å². The Kier molecular flexibility index (Phi) is 8.57. The maximum absolute atomic E-state index is 6.11. The highest BCUT2D eigenvalue weighted by Gasteiger charge is 2.14. The van der Waals surface area contributed by atoms with Crippen molar-refractivity contribution in [1.82, 2.24) is 4.90 Å². The zero-order valence-corrected chi connectivity index (χ0v) is 20.0. The lowest BCUT2D eigenvalue weighted by Crippen LogP contribution is -2.39. The molecule has 0 atom stereocenters. The molecule has 0 aliphatic carbocycles. The van der Waals surface area contributed by atoms with Crippen LogP contribution in [0.1, 0.15) is 33.3 Å². The number of hydrogen-bond donors (Lipinski definition) is 1. The van der Waals surface area contributed by atoms with Crippen molar-refractivity contribution in [3.05, 3.63) is 78.4 Å². The minimum Gasteiger partial charge on any atom is -0.493 e. The Morgan fingerprint density at radius 3 is 2.06 bits per heavy atom. The summed E-state index contributed by atoms with van der Waals surface area (Å²) in [6.45, 7) is 11.1. The third kappa shape index (κ3) is 6.51. The molecular formula is C28H36N2O2. The lowest BCUT2D eigenvalue weighted by atomic mass is 10.0. The largest absolute Gasteiger partial charge is 0.493 e. The average Bonchev–Trinajstić information content (AvgIpc) is 2.81. The molecule has 0 saturated carbocycles. The van der Waals surface area contributed by atoms with E-state index in [1.54, 1.807) is 7.11 Å². The fourth-order valence-electron chi connectivity index (χ4n) is 3.92. The molecule has 4 heteroatoms. The molecule has 0 amide bonds. The fraction of sp³-hybridized carbons (Fsp3) is 0.357. The van der Waals surface area contributed by atoms with Crippen LogP contribution in [0.15, 0.2) is 72.8 Å². The SMILES string of the molecule is COc1ccc(NCc2ccc(-c3ccccc3)cc2)cc1OCCN(C(C)C)C(C)C. The number of methoxy groups -OCH3 is 1. The lowest BCUT2D eigenvalue weighted by molar-refractivity contribution is 0.140. The maximum atomic E-state index is 6.11. The fourth-order valence-corrected chi connectivity index (χ4v) is 3.92. The van der Waals surface area contributed by atoms with E-state index < -0.39 is 0 Å². The molecular weight excluding hydrogens is 396 g/mol. The summed E-state index contributed by atoms with van der Waals surface area (Å²) in [7, 11) is 1.68. The van der Waals surface area contributed by atoms with Gasteiger partial charge >= 0.3 is 0 Å². The van der Waals surface area contributed by atoms with Crippen LogP contribution >= 0.6 is 0 Å². The highest BCUT2D eigenvalue weighted by Crippen LogP contribution is 2.30. The van der Waals surface area contributed by atoms with Gasteiger partial charge in [0.15, 0.2) is 11.5 Å². The monoisotopic (exact) mass is 432 g/mol. The minimum absolute atomic E-state index is 0.488. The number of ether oxygens (including phenoxy) is 2. The topological polar surface area (TPSA) is 33.7 Å². The smallest absolute Gasteiger partial charge is 0.163 e. The molecule has 0 bridgehead atoms. The van der Waals surface area contributed by atoms with Crippen LogP contribution in [-0.2, 0) is 6.54 Å². The van der Waals surface area contributed by atoms with Crippen molar-refractivity contribution in [2.75, 3.05) is 25.6 Å². The molecule has 32 heavy (non-hydrogen) atoms. The summed E-state index contributed by atoms with van der Waals surface area (Å²) in [5.74, 6) is 1.52. The van der Waals surface area contributed by atoms with Gasteiger partial charge in [-0.05, 0) is 56.5 Å². The van der Waals surface area contributed by atoms with Crippen LogP contribution in [0.3, 0.4) is 0 Å². The van der Waals surface area contributed by atoms with Crippen molar-refractivity contribution in [2.24, 2.45) is 0 Å². The number of rotatable bonds is 11. The van der Waals surface area contributed by atoms with Gasteiger partial charge in [0, 0.05) is 36.9 Å². The van der Waals surface area contributed by atoms with E-state index in [-0.39, 0.29) is 0 Å². The average molecular weight is 433 g/mol. The zero-order chi connectivity index (χ0) is 22.9. The predicted molar refractivity (Wildman–Crippen MR) is 135 cm³/mol. The van der Waals surface area contributed by atoms with Gasteiger partial charge in [-0.1, -0.05) is 54.6 Å². The maximum Gasteiger partial charge on any atom is 0.163 e. The van der Waals surface area contributed by atoms with Crippen LogP contribution in [0.2, 0.25) is 0 Å². The van der Waals surface area contributed by atoms with E-state index in [1.165, 1.54) is 16.7 Å². The minimum atomic E-state index is 0.488. The zero-order valence-electron chi connectivity index (χ0n) is 20.0. The standard InChI is InChI=1S/C28H36N2O2/c1-21(2)30(22(3)4)17-18-32-28-19-26(15-16-27(28)31-5)29-20-23-11-13-25(14-12-23)24-9-7-6-8-10-24/h6-16,19,21-22,29H,17-18,20H2,1-5H3. The second kappa shape index (κ2) is 11.6. The molecule has 0 heterocycles. The third-order valence-electron chi connectivity index (χ3n) is 5.65. The summed E-state index contributed by atoms with van der Waals surface area (Å²) in [4.78, 5) is 2.42. The predicted octanol–water partition coefficient (Wildman–Crippen LogP) is 6.47. The first-order chi connectivity index (χ1) is 15.5. The molecule has 0 unspecified atom stereocenters. The molecule has 0 aliphatic rings. The molecule has 0 spiro atoms. The van der Waals surface area contributed by atoms with Gasteiger partial charge in [0.25, 0.3) is 0 Å². The van der Waals surface area contributed by atoms with E-state index in [0.717, 1.165) is 30.3 Å². The summed E-state index contributed by atoms with van der Waals surface area (Å²) < 4.78 is 11.6. The quantitative estimate of drug-likeness (QED) is 0.376. The van der Waals surface area contributed by atoms with Gasteiger partial charge < -0.3 is 14.8 Å². The third-order valence-corrected chi connectivity index (χ3v) is 5.65. The molecule has 3 aromatic rings. The van der Waals surface area contributed by atoms with Crippen molar-refractivity contribution < 1.29 is 9.47 Å². The first-order valence-electron chi connectivity index (χ1n) is 11.4. The van der Waals surface area contributed by atoms with Crippen LogP contribution < -0.4 is 14.8 Å². The Balaban J connectivity index is 1.60. The van der Waals surface area contributed by atoms with E-state index in [2.05, 4.69) is 86.4 Å². The van der Waals surface area contributed by atoms with Crippen molar-refractivity contribution in [3.8, 4) is 22.6 Å². The molecule has 3 aromatic carbocycles. The van der Waals surface area contributed by atoms with Crippen molar-refractivity contribution >= 4 is 5.69 Å². The number of anilines is 1. The first-order valence-corrected chi connectivity index (χ1v) is 11.4. The van der Waals surface area contributed by atoms with Gasteiger partial charge in [-0.2, -0.15) is 0 Å². The molecule has 4 nitrogen and oxygen atoms in total. The molecule has 0 saturated heterocycles. The Hall–Kier alpha value is -2.98. The van der Waals surface area contributed by atoms with Gasteiger partial charge in [-0.15, -0.1) is 0 Å². The molecule has 0 aliphatic heterocycles. The van der Waals surface area contributed by atoms with E-state index in [1.807, 2.05) is 24.3 Å². The Morgan fingerprint density at radius 2 is 1.44 bits per heavy atom. The van der Waals surface area contributed by atoms with Crippen molar-refractivity contribution in [3.63, 3.8) is 0 Å². The van der Waals surface area contributed by atoms with Crippen LogP contribution in [0.25, 0.3) is 11.1 Å². The van der Waals surface area contributed by atoms with Gasteiger partial charge in [0.1, 0.15) is 6.61 Å². The van der Waals surface area contributed by atoms with E-state index in [0.29, 0.717) is 18.7 Å². The van der Waals surface area contributed by atoms with Crippen molar-refractivity contribution in [2.45, 2.75) is 46.3 Å². The van der Waals surface area contributed by atoms with Crippen LogP contribution in [0.5, 0.6) is 11.5 Å². The molecule has 1 N–H and O–H groups in total. The number of benzene rings is 3. The summed E-state index contributed by atoms with van der Waals surface area (Å²) in [6, 6.07) is 26.1. The van der Waals surface area contributed by atoms with Crippen molar-refractivity contribution in [1.29, 1.82) is 0 Å². The van der Waals surface area contributed by atoms with Gasteiger partial charge in [-0.25, -0.2) is 0 Å². The Labute approximate surface area is 193 Å². The highest BCUT2D eigenvalue weighted by atomic mass is 16.5. The molecule has 0 radical (unpaired) electrons. The highest BCUT2D eigenvalue weighted by molar-refractivity contribution is 5.63. The molecule has 0 aromatic heterocycles. The molecule has 0 fully saturated rings. The Bertz CT molecular complexity index is 945. The normalized spacial score (nSPS) is 11.2. The second-order valence-corrected chi connectivity index (χ2v) is 8.56. The lowest BCUT2D eigenvalue weighted by Gasteiger charge is -2.30. The number of nitrogens with one attached hydrogen (secondary N) is 1. The van der Waals surface area contributed by atoms with Crippen LogP contribution in [-0.4, -0.2) is 37.2 Å². The number of nitrogens with zero attached hydrogens (tertiary/aromatic N) is 1. The summed E-state index contributed by atoms with van der Waals surface area (Å²) >= 11 is 0. The first kappa shape index (κ1) is 23.7. The summed E-state index contributed by atoms with van der Waals surface area (Å²) in [6.07, 6.45) is 0. The number of hydrogen-bond acceptors (Lipinski definition) is 4. The Morgan fingerprint density at radius 1 is 0.781 bits per heavy atom. The molecule has 3 rings (SSSR count). The van der Waals surface area contributed by atoms with Crippen LogP contribution in [0.4, 0.5) is 5.69 Å². The van der Waals surface area contributed by atoms with Gasteiger partial charge in [-0.3, -0.25) is 4.90 Å².